The van der Waals surface area contributed by atoms with Crippen LogP contribution in [0.15, 0.2) is 77.0 Å². The highest BCUT2D eigenvalue weighted by molar-refractivity contribution is 7.17. The summed E-state index contributed by atoms with van der Waals surface area (Å²) in [6.45, 7) is 0.443. The summed E-state index contributed by atoms with van der Waals surface area (Å²) in [5.41, 5.74) is 3.36. The van der Waals surface area contributed by atoms with Crippen LogP contribution < -0.4 is 5.56 Å². The lowest BCUT2D eigenvalue weighted by atomic mass is 10.1. The van der Waals surface area contributed by atoms with Gasteiger partial charge in [-0.2, -0.15) is 5.10 Å². The number of fused-ring (bicyclic) bond motifs is 2. The quantitative estimate of drug-likeness (QED) is 0.423. The van der Waals surface area contributed by atoms with Crippen LogP contribution in [0.2, 0.25) is 0 Å². The van der Waals surface area contributed by atoms with Crippen molar-refractivity contribution >= 4 is 32.3 Å². The number of halogens is 1. The molecule has 142 valence electrons. The summed E-state index contributed by atoms with van der Waals surface area (Å²) in [6.07, 6.45) is 2.33. The van der Waals surface area contributed by atoms with Crippen LogP contribution >= 0.6 is 11.3 Å². The molecule has 29 heavy (non-hydrogen) atoms. The molecule has 0 atom stereocenters. The van der Waals surface area contributed by atoms with Crippen molar-refractivity contribution in [1.29, 1.82) is 0 Å². The van der Waals surface area contributed by atoms with Crippen molar-refractivity contribution in [2.45, 2.75) is 13.0 Å². The Morgan fingerprint density at radius 2 is 1.83 bits per heavy atom. The number of nitrogens with zero attached hydrogens (tertiary/aromatic N) is 3. The molecule has 0 aliphatic heterocycles. The van der Waals surface area contributed by atoms with Gasteiger partial charge in [0.2, 0.25) is 0 Å². The molecule has 3 aromatic heterocycles. The number of para-hydroxylation sites is 1. The second kappa shape index (κ2) is 7.22. The number of thiophene rings is 1. The second-order valence-electron chi connectivity index (χ2n) is 6.81. The molecule has 5 aromatic rings. The Labute approximate surface area is 169 Å². The Morgan fingerprint density at radius 1 is 1.00 bits per heavy atom. The van der Waals surface area contributed by atoms with Crippen molar-refractivity contribution in [3.8, 4) is 11.1 Å². The molecule has 0 bridgehead atoms. The monoisotopic (exact) mass is 401 g/mol. The van der Waals surface area contributed by atoms with Gasteiger partial charge in [0.25, 0.3) is 5.56 Å². The van der Waals surface area contributed by atoms with E-state index in [9.17, 15) is 9.18 Å². The van der Waals surface area contributed by atoms with Gasteiger partial charge in [0.1, 0.15) is 5.82 Å². The fourth-order valence-corrected chi connectivity index (χ4v) is 4.38. The molecule has 2 aromatic carbocycles. The van der Waals surface area contributed by atoms with Gasteiger partial charge in [0.15, 0.2) is 0 Å². The molecule has 0 fully saturated rings. The minimum Gasteiger partial charge on any atom is -0.267 e. The Balaban J connectivity index is 1.48. The van der Waals surface area contributed by atoms with Gasteiger partial charge in [-0.3, -0.25) is 9.78 Å². The number of hydrogen-bond acceptors (Lipinski definition) is 4. The lowest BCUT2D eigenvalue weighted by Crippen LogP contribution is -2.23. The van der Waals surface area contributed by atoms with Crippen molar-refractivity contribution in [3.63, 3.8) is 0 Å². The van der Waals surface area contributed by atoms with Crippen LogP contribution in [-0.2, 0) is 13.0 Å². The fourth-order valence-electron chi connectivity index (χ4n) is 3.46. The van der Waals surface area contributed by atoms with Gasteiger partial charge < -0.3 is 0 Å². The number of rotatable bonds is 4. The zero-order valence-corrected chi connectivity index (χ0v) is 16.2. The summed E-state index contributed by atoms with van der Waals surface area (Å²) in [6, 6.07) is 18.2. The van der Waals surface area contributed by atoms with E-state index in [4.69, 9.17) is 0 Å². The number of hydrogen-bond donors (Lipinski definition) is 0. The molecule has 3 heterocycles. The Hall–Kier alpha value is -3.38. The minimum absolute atomic E-state index is 0.135. The van der Waals surface area contributed by atoms with E-state index in [1.54, 1.807) is 18.3 Å². The molecule has 0 aliphatic carbocycles. The van der Waals surface area contributed by atoms with E-state index in [0.29, 0.717) is 18.4 Å². The maximum absolute atomic E-state index is 13.3. The highest BCUT2D eigenvalue weighted by atomic mass is 32.1. The van der Waals surface area contributed by atoms with Crippen LogP contribution in [0.25, 0.3) is 32.1 Å². The smallest absolute Gasteiger partial charge is 0.267 e. The molecule has 5 rings (SSSR count). The minimum atomic E-state index is -0.296. The van der Waals surface area contributed by atoms with Gasteiger partial charge in [-0.05, 0) is 29.8 Å². The van der Waals surface area contributed by atoms with E-state index in [1.165, 1.54) is 28.2 Å². The fraction of sp³-hybridized carbons (Fsp3) is 0.0870. The van der Waals surface area contributed by atoms with Crippen LogP contribution in [0.5, 0.6) is 0 Å². The average molecular weight is 401 g/mol. The molecule has 0 amide bonds. The van der Waals surface area contributed by atoms with E-state index in [0.717, 1.165) is 32.4 Å². The zero-order chi connectivity index (χ0) is 19.8. The summed E-state index contributed by atoms with van der Waals surface area (Å²) < 4.78 is 15.6. The van der Waals surface area contributed by atoms with Gasteiger partial charge in [-0.25, -0.2) is 9.07 Å². The molecule has 0 aliphatic rings. The summed E-state index contributed by atoms with van der Waals surface area (Å²) in [7, 11) is 0. The first-order chi connectivity index (χ1) is 14.2. The average Bonchev–Trinajstić information content (AvgIpc) is 3.19. The maximum atomic E-state index is 13.3. The Kier molecular flexibility index (Phi) is 4.41. The number of aromatic nitrogens is 3. The largest absolute Gasteiger partial charge is 0.276 e. The first-order valence-electron chi connectivity index (χ1n) is 9.27. The van der Waals surface area contributed by atoms with Crippen LogP contribution in [0.1, 0.15) is 5.69 Å². The molecule has 0 N–H and O–H groups in total. The Morgan fingerprint density at radius 3 is 2.69 bits per heavy atom. The normalized spacial score (nSPS) is 11.3. The van der Waals surface area contributed by atoms with Gasteiger partial charge >= 0.3 is 0 Å². The number of pyridine rings is 1. The van der Waals surface area contributed by atoms with Gasteiger partial charge in [-0.1, -0.05) is 36.4 Å². The second-order valence-corrected chi connectivity index (χ2v) is 7.72. The molecular weight excluding hydrogens is 385 g/mol. The third-order valence-corrected chi connectivity index (χ3v) is 5.89. The molecule has 4 nitrogen and oxygen atoms in total. The summed E-state index contributed by atoms with van der Waals surface area (Å²) in [4.78, 5) is 17.8. The molecule has 0 spiro atoms. The van der Waals surface area contributed by atoms with Crippen molar-refractivity contribution in [1.82, 2.24) is 14.8 Å². The molecule has 0 saturated heterocycles. The predicted octanol–water partition coefficient (Wildman–Crippen LogP) is 5.06. The molecule has 0 unspecified atom stereocenters. The van der Waals surface area contributed by atoms with Crippen molar-refractivity contribution in [3.05, 3.63) is 94.1 Å². The zero-order valence-electron chi connectivity index (χ0n) is 15.4. The van der Waals surface area contributed by atoms with E-state index in [2.05, 4.69) is 10.1 Å². The van der Waals surface area contributed by atoms with Crippen LogP contribution in [0.3, 0.4) is 0 Å². The lowest BCUT2D eigenvalue weighted by molar-refractivity contribution is 0.580. The van der Waals surface area contributed by atoms with Crippen LogP contribution in [0, 0.1) is 5.82 Å². The summed E-state index contributed by atoms with van der Waals surface area (Å²) >= 11 is 1.47. The molecular formula is C23H16FN3OS. The predicted molar refractivity (Wildman–Crippen MR) is 115 cm³/mol. The topological polar surface area (TPSA) is 47.8 Å². The maximum Gasteiger partial charge on any atom is 0.276 e. The standard InChI is InChI=1S/C23H16FN3OS/c24-17-8-5-15(6-9-17)19-14-29-21-13-25-27(23(28)22(19)21)12-11-18-10-7-16-3-1-2-4-20(16)26-18/h1-10,13-14H,11-12H2. The SMILES string of the molecule is O=c1c2c(-c3ccc(F)cc3)csc2cnn1CCc1ccc2ccccc2n1. The van der Waals surface area contributed by atoms with Crippen LogP contribution in [0.4, 0.5) is 4.39 Å². The summed E-state index contributed by atoms with van der Waals surface area (Å²) in [5, 5.41) is 7.98. The first kappa shape index (κ1) is 17.7. The lowest BCUT2D eigenvalue weighted by Gasteiger charge is -2.06. The number of aryl methyl sites for hydroxylation is 2. The molecule has 0 radical (unpaired) electrons. The van der Waals surface area contributed by atoms with E-state index in [-0.39, 0.29) is 11.4 Å². The van der Waals surface area contributed by atoms with Crippen LogP contribution in [-0.4, -0.2) is 14.8 Å². The van der Waals surface area contributed by atoms with E-state index < -0.39 is 0 Å². The summed E-state index contributed by atoms with van der Waals surface area (Å²) in [5.74, 6) is -0.296. The van der Waals surface area contributed by atoms with Crippen molar-refractivity contribution < 1.29 is 4.39 Å². The third kappa shape index (κ3) is 3.32. The van der Waals surface area contributed by atoms with Crippen molar-refractivity contribution in [2.75, 3.05) is 0 Å². The Bertz CT molecular complexity index is 1390. The highest BCUT2D eigenvalue weighted by Gasteiger charge is 2.13. The first-order valence-corrected chi connectivity index (χ1v) is 10.1. The molecule has 0 saturated carbocycles. The van der Waals surface area contributed by atoms with Gasteiger partial charge in [-0.15, -0.1) is 11.3 Å². The van der Waals surface area contributed by atoms with Gasteiger partial charge in [0.05, 0.1) is 28.3 Å². The van der Waals surface area contributed by atoms with E-state index in [1.807, 2.05) is 41.8 Å². The van der Waals surface area contributed by atoms with E-state index >= 15 is 0 Å². The third-order valence-electron chi connectivity index (χ3n) is 4.97. The highest BCUT2D eigenvalue weighted by Crippen LogP contribution is 2.31. The van der Waals surface area contributed by atoms with Gasteiger partial charge in [0, 0.05) is 28.4 Å². The molecule has 6 heteroatoms. The number of benzene rings is 2. The van der Waals surface area contributed by atoms with Crippen molar-refractivity contribution in [2.24, 2.45) is 0 Å².